The predicted octanol–water partition coefficient (Wildman–Crippen LogP) is 1.62. The van der Waals surface area contributed by atoms with Crippen LogP contribution in [0.2, 0.25) is 26.2 Å². The van der Waals surface area contributed by atoms with Crippen molar-refractivity contribution in [3.63, 3.8) is 0 Å². The first-order valence-electron chi connectivity index (χ1n) is 3.87. The lowest BCUT2D eigenvalue weighted by Gasteiger charge is -2.23. The molecule has 14 heavy (non-hydrogen) atoms. The van der Waals surface area contributed by atoms with Gasteiger partial charge in [0.1, 0.15) is 0 Å². The molecule has 86 valence electrons. The predicted molar refractivity (Wildman–Crippen MR) is 52.4 cm³/mol. The maximum absolute atomic E-state index is 11.9. The Morgan fingerprint density at radius 1 is 1.21 bits per heavy atom. The maximum atomic E-state index is 11.9. The second-order valence-corrected chi connectivity index (χ2v) is 19.8. The summed E-state index contributed by atoms with van der Waals surface area (Å²) in [5.74, 6) is 0. The number of halogens is 3. The Bertz CT molecular complexity index is 292. The number of rotatable bonds is 3. The minimum atomic E-state index is -5.38. The highest BCUT2D eigenvalue weighted by molar-refractivity contribution is 7.89. The molecule has 3 nitrogen and oxygen atoms in total. The van der Waals surface area contributed by atoms with Crippen LogP contribution >= 0.6 is 0 Å². The molecule has 0 heterocycles. The maximum Gasteiger partial charge on any atom is 0.522 e. The summed E-state index contributed by atoms with van der Waals surface area (Å²) in [6.45, 7) is 6.84. The molecule has 1 atom stereocenters. The van der Waals surface area contributed by atoms with E-state index in [1.165, 1.54) is 6.55 Å². The second-order valence-electron chi connectivity index (χ2n) is 4.00. The van der Waals surface area contributed by atoms with Crippen LogP contribution in [0.25, 0.3) is 0 Å². The van der Waals surface area contributed by atoms with E-state index in [1.54, 1.807) is 19.6 Å². The van der Waals surface area contributed by atoms with Crippen molar-refractivity contribution >= 4 is 26.3 Å². The fraction of sp³-hybridized carbons (Fsp3) is 1.00. The van der Waals surface area contributed by atoms with E-state index in [-0.39, 0.29) is 0 Å². The minimum Gasteiger partial charge on any atom is -0.316 e. The largest absolute Gasteiger partial charge is 0.522 e. The molecule has 1 unspecified atom stereocenters. The monoisotopic (exact) mass is 266 g/mol. The summed E-state index contributed by atoms with van der Waals surface area (Å²) in [6, 6.07) is 0. The summed E-state index contributed by atoms with van der Waals surface area (Å²) in [5, 5.41) is 0. The lowest BCUT2D eigenvalue weighted by atomic mass is 11.6. The number of alkyl halides is 3. The topological polar surface area (TPSA) is 43.4 Å². The lowest BCUT2D eigenvalue weighted by Crippen LogP contribution is -2.46. The Labute approximate surface area is 83.9 Å². The summed E-state index contributed by atoms with van der Waals surface area (Å²) >= 11 is 0. The standard InChI is InChI=1S/C5H13F3O3SSi2/c1-13(14(2,3)4)11-12(9,10)5(6,7)8/h13H,1-4H3. The molecule has 0 aromatic heterocycles. The summed E-state index contributed by atoms with van der Waals surface area (Å²) in [7, 11) is -9.58. The van der Waals surface area contributed by atoms with Crippen LogP contribution in [-0.4, -0.2) is 30.1 Å². The van der Waals surface area contributed by atoms with Crippen molar-refractivity contribution in [2.75, 3.05) is 0 Å². The van der Waals surface area contributed by atoms with Gasteiger partial charge in [-0.25, -0.2) is 0 Å². The van der Waals surface area contributed by atoms with Crippen LogP contribution in [0.4, 0.5) is 13.2 Å². The third-order valence-corrected chi connectivity index (χ3v) is 15.1. The molecule has 9 heteroatoms. The van der Waals surface area contributed by atoms with Crippen molar-refractivity contribution in [2.45, 2.75) is 31.7 Å². The van der Waals surface area contributed by atoms with Gasteiger partial charge in [-0.05, 0) is 6.55 Å². The van der Waals surface area contributed by atoms with Crippen LogP contribution in [0.3, 0.4) is 0 Å². The van der Waals surface area contributed by atoms with Crippen molar-refractivity contribution in [2.24, 2.45) is 0 Å². The van der Waals surface area contributed by atoms with Crippen molar-refractivity contribution in [1.82, 2.24) is 0 Å². The molecule has 0 aliphatic rings. The zero-order valence-corrected chi connectivity index (χ0v) is 11.3. The molecular formula is C5H13F3O3SSi2. The molecule has 0 rings (SSSR count). The molecule has 0 N–H and O–H groups in total. The first-order valence-corrected chi connectivity index (χ1v) is 12.2. The zero-order chi connectivity index (χ0) is 11.8. The van der Waals surface area contributed by atoms with Crippen molar-refractivity contribution in [3.05, 3.63) is 0 Å². The first-order chi connectivity index (χ1) is 5.88. The van der Waals surface area contributed by atoms with E-state index in [9.17, 15) is 21.6 Å². The Morgan fingerprint density at radius 3 is 1.79 bits per heavy atom. The van der Waals surface area contributed by atoms with E-state index in [2.05, 4.69) is 3.87 Å². The van der Waals surface area contributed by atoms with Gasteiger partial charge >= 0.3 is 15.6 Å². The first kappa shape index (κ1) is 14.1. The minimum absolute atomic E-state index is 1.48. The van der Waals surface area contributed by atoms with Gasteiger partial charge in [-0.3, -0.25) is 0 Å². The molecule has 0 aromatic rings. The summed E-state index contributed by atoms with van der Waals surface area (Å²) < 4.78 is 61.2. The van der Waals surface area contributed by atoms with Gasteiger partial charge in [-0.2, -0.15) is 21.6 Å². The highest BCUT2D eigenvalue weighted by atomic mass is 32.2. The van der Waals surface area contributed by atoms with Crippen molar-refractivity contribution < 1.29 is 25.5 Å². The fourth-order valence-corrected chi connectivity index (χ4v) is 7.24. The van der Waals surface area contributed by atoms with Gasteiger partial charge in [-0.1, -0.05) is 19.6 Å². The van der Waals surface area contributed by atoms with Gasteiger partial charge in [0.25, 0.3) is 0 Å². The van der Waals surface area contributed by atoms with Gasteiger partial charge < -0.3 is 3.87 Å². The molecule has 0 aromatic carbocycles. The molecule has 0 fully saturated rings. The normalized spacial score (nSPS) is 16.8. The van der Waals surface area contributed by atoms with Gasteiger partial charge in [0.2, 0.25) is 0 Å². The van der Waals surface area contributed by atoms with Gasteiger partial charge in [-0.15, -0.1) is 0 Å². The zero-order valence-electron chi connectivity index (χ0n) is 8.34. The molecule has 0 aliphatic heterocycles. The van der Waals surface area contributed by atoms with Crippen LogP contribution in [0, 0.1) is 0 Å². The number of hydrogen-bond acceptors (Lipinski definition) is 3. The Balaban J connectivity index is 4.72. The Hall–Kier alpha value is 0.134. The van der Waals surface area contributed by atoms with Crippen LogP contribution < -0.4 is 0 Å². The van der Waals surface area contributed by atoms with E-state index in [4.69, 9.17) is 0 Å². The molecule has 0 bridgehead atoms. The van der Waals surface area contributed by atoms with E-state index >= 15 is 0 Å². The summed E-state index contributed by atoms with van der Waals surface area (Å²) in [4.78, 5) is 0. The molecular weight excluding hydrogens is 253 g/mol. The van der Waals surface area contributed by atoms with Gasteiger partial charge in [0.15, 0.2) is 8.56 Å². The molecule has 0 aliphatic carbocycles. The average molecular weight is 266 g/mol. The third-order valence-electron chi connectivity index (χ3n) is 1.77. The molecule has 0 saturated heterocycles. The highest BCUT2D eigenvalue weighted by Gasteiger charge is 2.49. The number of hydrogen-bond donors (Lipinski definition) is 0. The fourth-order valence-electron chi connectivity index (χ4n) is 0.389. The van der Waals surface area contributed by atoms with Crippen LogP contribution in [-0.2, 0) is 14.0 Å². The van der Waals surface area contributed by atoms with E-state index < -0.39 is 31.8 Å². The Morgan fingerprint density at radius 2 is 1.57 bits per heavy atom. The SMILES string of the molecule is C[SiH](OS(=O)(=O)C(F)(F)F)[Si](C)(C)C. The van der Waals surface area contributed by atoms with Crippen molar-refractivity contribution in [3.8, 4) is 0 Å². The lowest BCUT2D eigenvalue weighted by molar-refractivity contribution is -0.0500. The summed E-state index contributed by atoms with van der Waals surface area (Å²) in [5.41, 5.74) is -5.30. The van der Waals surface area contributed by atoms with Gasteiger partial charge in [0, 0.05) is 0 Å². The van der Waals surface area contributed by atoms with Crippen LogP contribution in [0.15, 0.2) is 0 Å². The van der Waals surface area contributed by atoms with E-state index in [0.717, 1.165) is 0 Å². The molecule has 0 amide bonds. The smallest absolute Gasteiger partial charge is 0.316 e. The van der Waals surface area contributed by atoms with Crippen LogP contribution in [0.1, 0.15) is 0 Å². The van der Waals surface area contributed by atoms with Crippen LogP contribution in [0.5, 0.6) is 0 Å². The van der Waals surface area contributed by atoms with Crippen molar-refractivity contribution in [1.29, 1.82) is 0 Å². The summed E-state index contributed by atoms with van der Waals surface area (Å²) in [6.07, 6.45) is 0. The molecule has 0 radical (unpaired) electrons. The molecule has 0 saturated carbocycles. The van der Waals surface area contributed by atoms with E-state index in [1.807, 2.05) is 0 Å². The highest BCUT2D eigenvalue weighted by Crippen LogP contribution is 2.26. The second kappa shape index (κ2) is 3.95. The third kappa shape index (κ3) is 3.71. The molecule has 0 spiro atoms. The Kier molecular flexibility index (Phi) is 3.98. The van der Waals surface area contributed by atoms with Gasteiger partial charge in [0.05, 0.1) is 7.59 Å². The van der Waals surface area contributed by atoms with E-state index in [0.29, 0.717) is 0 Å². The average Bonchev–Trinajstić information content (AvgIpc) is 1.80. The quantitative estimate of drug-likeness (QED) is 0.576.